The second-order valence-electron chi connectivity index (χ2n) is 6.48. The molecule has 1 aliphatic heterocycles. The van der Waals surface area contributed by atoms with Gasteiger partial charge in [0.05, 0.1) is 0 Å². The van der Waals surface area contributed by atoms with Crippen molar-refractivity contribution in [2.24, 2.45) is 0 Å². The smallest absolute Gasteiger partial charge is 0.227 e. The lowest BCUT2D eigenvalue weighted by Gasteiger charge is -2.35. The monoisotopic (exact) mass is 344 g/mol. The summed E-state index contributed by atoms with van der Waals surface area (Å²) < 4.78 is 0. The summed E-state index contributed by atoms with van der Waals surface area (Å²) in [4.78, 5) is 11.8. The average molecular weight is 345 g/mol. The van der Waals surface area contributed by atoms with Crippen LogP contribution in [0.2, 0.25) is 5.02 Å². The minimum Gasteiger partial charge on any atom is -0.340 e. The zero-order chi connectivity index (χ0) is 17.1. The Kier molecular flexibility index (Phi) is 5.24. The van der Waals surface area contributed by atoms with Gasteiger partial charge >= 0.3 is 0 Å². The van der Waals surface area contributed by atoms with E-state index >= 15 is 0 Å². The number of aromatic nitrogens is 2. The standard InChI is InChI=1S/C19H25ClN4/c1-4-15-8-5-6-11-24(15)19-21-13(2)12-18(23-19)22-17-10-7-9-16(20)14(17)3/h7,9-10,12,15H,4-6,8,11H2,1-3H3,(H,21,22,23). The highest BCUT2D eigenvalue weighted by molar-refractivity contribution is 6.31. The van der Waals surface area contributed by atoms with Gasteiger partial charge in [-0.05, 0) is 57.2 Å². The number of nitrogens with zero attached hydrogens (tertiary/aromatic N) is 3. The predicted molar refractivity (Wildman–Crippen MR) is 102 cm³/mol. The number of benzene rings is 1. The van der Waals surface area contributed by atoms with Crippen LogP contribution in [0.1, 0.15) is 43.9 Å². The Balaban J connectivity index is 1.90. The molecule has 128 valence electrons. The second-order valence-corrected chi connectivity index (χ2v) is 6.89. The van der Waals surface area contributed by atoms with Crippen molar-refractivity contribution in [3.8, 4) is 0 Å². The van der Waals surface area contributed by atoms with Crippen molar-refractivity contribution in [1.29, 1.82) is 0 Å². The fourth-order valence-corrected chi connectivity index (χ4v) is 3.49. The summed E-state index contributed by atoms with van der Waals surface area (Å²) in [6.45, 7) is 7.31. The summed E-state index contributed by atoms with van der Waals surface area (Å²) >= 11 is 6.22. The number of anilines is 3. The highest BCUT2D eigenvalue weighted by Crippen LogP contribution is 2.28. The minimum atomic E-state index is 0.543. The Morgan fingerprint density at radius 1 is 1.25 bits per heavy atom. The molecule has 2 aromatic rings. The Morgan fingerprint density at radius 2 is 2.08 bits per heavy atom. The first-order chi connectivity index (χ1) is 11.6. The predicted octanol–water partition coefficient (Wildman–Crippen LogP) is 5.26. The molecule has 0 spiro atoms. The summed E-state index contributed by atoms with van der Waals surface area (Å²) in [6, 6.07) is 8.40. The third-order valence-electron chi connectivity index (χ3n) is 4.73. The molecule has 0 saturated carbocycles. The van der Waals surface area contributed by atoms with Crippen LogP contribution in [-0.2, 0) is 0 Å². The third-order valence-corrected chi connectivity index (χ3v) is 5.14. The Hall–Kier alpha value is -1.81. The molecule has 0 aliphatic carbocycles. The SMILES string of the molecule is CCC1CCCCN1c1nc(C)cc(Nc2cccc(Cl)c2C)n1. The maximum atomic E-state index is 6.22. The first-order valence-electron chi connectivity index (χ1n) is 8.73. The average Bonchev–Trinajstić information content (AvgIpc) is 2.58. The highest BCUT2D eigenvalue weighted by atomic mass is 35.5. The second kappa shape index (κ2) is 7.39. The molecule has 1 N–H and O–H groups in total. The molecule has 5 heteroatoms. The van der Waals surface area contributed by atoms with E-state index in [2.05, 4.69) is 22.1 Å². The minimum absolute atomic E-state index is 0.543. The molecule has 1 atom stereocenters. The first kappa shape index (κ1) is 17.0. The molecule has 1 aromatic heterocycles. The Morgan fingerprint density at radius 3 is 2.88 bits per heavy atom. The number of aryl methyl sites for hydroxylation is 1. The maximum Gasteiger partial charge on any atom is 0.227 e. The summed E-state index contributed by atoms with van der Waals surface area (Å²) in [5.41, 5.74) is 2.99. The molecule has 0 bridgehead atoms. The lowest BCUT2D eigenvalue weighted by atomic mass is 10.0. The quantitative estimate of drug-likeness (QED) is 0.821. The van der Waals surface area contributed by atoms with Gasteiger partial charge in [0.1, 0.15) is 5.82 Å². The lowest BCUT2D eigenvalue weighted by molar-refractivity contribution is 0.443. The maximum absolute atomic E-state index is 6.22. The number of halogens is 1. The van der Waals surface area contributed by atoms with Crippen molar-refractivity contribution in [2.45, 2.75) is 52.5 Å². The van der Waals surface area contributed by atoms with E-state index in [1.165, 1.54) is 19.3 Å². The molecule has 0 radical (unpaired) electrons. The van der Waals surface area contributed by atoms with Crippen molar-refractivity contribution in [2.75, 3.05) is 16.8 Å². The van der Waals surface area contributed by atoms with Crippen LogP contribution in [-0.4, -0.2) is 22.6 Å². The van der Waals surface area contributed by atoms with Gasteiger partial charge in [-0.1, -0.05) is 24.6 Å². The number of nitrogens with one attached hydrogen (secondary N) is 1. The van der Waals surface area contributed by atoms with Crippen molar-refractivity contribution in [3.63, 3.8) is 0 Å². The Labute approximate surface area is 149 Å². The molecule has 1 unspecified atom stereocenters. The first-order valence-corrected chi connectivity index (χ1v) is 9.10. The number of rotatable bonds is 4. The number of hydrogen-bond acceptors (Lipinski definition) is 4. The summed E-state index contributed by atoms with van der Waals surface area (Å²) in [6.07, 6.45) is 4.87. The molecular formula is C19H25ClN4. The summed E-state index contributed by atoms with van der Waals surface area (Å²) in [7, 11) is 0. The van der Waals surface area contributed by atoms with E-state index in [0.717, 1.165) is 46.7 Å². The van der Waals surface area contributed by atoms with Crippen LogP contribution in [0, 0.1) is 13.8 Å². The van der Waals surface area contributed by atoms with Crippen LogP contribution in [0.3, 0.4) is 0 Å². The molecule has 1 aliphatic rings. The van der Waals surface area contributed by atoms with Gasteiger partial charge in [-0.25, -0.2) is 4.98 Å². The van der Waals surface area contributed by atoms with Crippen LogP contribution < -0.4 is 10.2 Å². The van der Waals surface area contributed by atoms with E-state index in [9.17, 15) is 0 Å². The van der Waals surface area contributed by atoms with E-state index in [4.69, 9.17) is 16.6 Å². The van der Waals surface area contributed by atoms with Gasteiger partial charge in [0.2, 0.25) is 5.95 Å². The largest absolute Gasteiger partial charge is 0.340 e. The van der Waals surface area contributed by atoms with E-state index < -0.39 is 0 Å². The molecule has 1 fully saturated rings. The van der Waals surface area contributed by atoms with Gasteiger partial charge in [-0.15, -0.1) is 0 Å². The lowest BCUT2D eigenvalue weighted by Crippen LogP contribution is -2.40. The van der Waals surface area contributed by atoms with Gasteiger partial charge < -0.3 is 10.2 Å². The zero-order valence-corrected chi connectivity index (χ0v) is 15.4. The fraction of sp³-hybridized carbons (Fsp3) is 0.474. The van der Waals surface area contributed by atoms with E-state index in [0.29, 0.717) is 6.04 Å². The van der Waals surface area contributed by atoms with Gasteiger partial charge in [0, 0.05) is 35.1 Å². The normalized spacial score (nSPS) is 17.8. The van der Waals surface area contributed by atoms with Crippen molar-refractivity contribution < 1.29 is 0 Å². The number of piperidine rings is 1. The van der Waals surface area contributed by atoms with Gasteiger partial charge in [0.25, 0.3) is 0 Å². The molecule has 24 heavy (non-hydrogen) atoms. The molecule has 1 saturated heterocycles. The van der Waals surface area contributed by atoms with Gasteiger partial charge in [-0.3, -0.25) is 0 Å². The van der Waals surface area contributed by atoms with E-state index in [1.54, 1.807) is 0 Å². The van der Waals surface area contributed by atoms with Gasteiger partial charge in [0.15, 0.2) is 0 Å². The van der Waals surface area contributed by atoms with Crippen LogP contribution in [0.25, 0.3) is 0 Å². The Bertz CT molecular complexity index is 717. The molecule has 0 amide bonds. The van der Waals surface area contributed by atoms with Crippen molar-refractivity contribution >= 4 is 29.1 Å². The molecular weight excluding hydrogens is 320 g/mol. The third kappa shape index (κ3) is 3.64. The van der Waals surface area contributed by atoms with Crippen LogP contribution in [0.4, 0.5) is 17.5 Å². The summed E-state index contributed by atoms with van der Waals surface area (Å²) in [5.74, 6) is 1.66. The fourth-order valence-electron chi connectivity index (χ4n) is 3.31. The zero-order valence-electron chi connectivity index (χ0n) is 14.6. The van der Waals surface area contributed by atoms with Crippen LogP contribution in [0.15, 0.2) is 24.3 Å². The molecule has 1 aromatic carbocycles. The molecule has 4 nitrogen and oxygen atoms in total. The topological polar surface area (TPSA) is 41.1 Å². The van der Waals surface area contributed by atoms with Crippen molar-refractivity contribution in [1.82, 2.24) is 9.97 Å². The van der Waals surface area contributed by atoms with Gasteiger partial charge in [-0.2, -0.15) is 4.98 Å². The number of hydrogen-bond donors (Lipinski definition) is 1. The van der Waals surface area contributed by atoms with E-state index in [1.807, 2.05) is 38.1 Å². The van der Waals surface area contributed by atoms with Crippen LogP contribution >= 0.6 is 11.6 Å². The highest BCUT2D eigenvalue weighted by Gasteiger charge is 2.23. The van der Waals surface area contributed by atoms with E-state index in [-0.39, 0.29) is 0 Å². The molecule has 3 rings (SSSR count). The van der Waals surface area contributed by atoms with Crippen molar-refractivity contribution in [3.05, 3.63) is 40.5 Å². The van der Waals surface area contributed by atoms with Crippen LogP contribution in [0.5, 0.6) is 0 Å². The molecule has 2 heterocycles. The summed E-state index contributed by atoms with van der Waals surface area (Å²) in [5, 5.41) is 4.16.